The fourth-order valence-corrected chi connectivity index (χ4v) is 5.49. The van der Waals surface area contributed by atoms with Crippen LogP contribution >= 0.6 is 11.3 Å². The number of anilines is 1. The monoisotopic (exact) mass is 422 g/mol. The predicted molar refractivity (Wildman–Crippen MR) is 121 cm³/mol. The van der Waals surface area contributed by atoms with Crippen molar-refractivity contribution in [3.63, 3.8) is 0 Å². The summed E-state index contributed by atoms with van der Waals surface area (Å²) in [6.45, 7) is 7.59. The van der Waals surface area contributed by atoms with Crippen LogP contribution in [-0.2, 0) is 9.59 Å². The van der Waals surface area contributed by atoms with E-state index >= 15 is 0 Å². The largest absolute Gasteiger partial charge is 0.481 e. The van der Waals surface area contributed by atoms with Gasteiger partial charge in [0.1, 0.15) is 5.01 Å². The maximum atomic E-state index is 12.9. The molecule has 1 aliphatic rings. The maximum Gasteiger partial charge on any atom is 0.309 e. The lowest BCUT2D eigenvalue weighted by Crippen LogP contribution is -2.43. The second kappa shape index (κ2) is 7.20. The van der Waals surface area contributed by atoms with Crippen LogP contribution in [0.25, 0.3) is 20.8 Å². The third kappa shape index (κ3) is 3.29. The van der Waals surface area contributed by atoms with Crippen molar-refractivity contribution in [1.29, 1.82) is 0 Å². The molecule has 2 atom stereocenters. The Balaban J connectivity index is 1.51. The lowest BCUT2D eigenvalue weighted by atomic mass is 9.65. The van der Waals surface area contributed by atoms with Gasteiger partial charge in [0.05, 0.1) is 15.6 Å². The summed E-state index contributed by atoms with van der Waals surface area (Å²) in [5, 5.41) is 13.6. The van der Waals surface area contributed by atoms with Gasteiger partial charge in [-0.15, -0.1) is 11.3 Å². The van der Waals surface area contributed by atoms with E-state index < -0.39 is 16.8 Å². The first-order valence-electron chi connectivity index (χ1n) is 10.1. The summed E-state index contributed by atoms with van der Waals surface area (Å²) >= 11 is 1.65. The average molecular weight is 423 g/mol. The molecule has 0 saturated heterocycles. The molecule has 2 unspecified atom stereocenters. The molecule has 0 aliphatic heterocycles. The molecule has 0 bridgehead atoms. The Morgan fingerprint density at radius 3 is 2.47 bits per heavy atom. The highest BCUT2D eigenvalue weighted by atomic mass is 32.1. The number of carbonyl (C=O) groups excluding carboxylic acids is 1. The first kappa shape index (κ1) is 20.5. The molecule has 0 radical (unpaired) electrons. The first-order valence-corrected chi connectivity index (χ1v) is 11.0. The molecule has 6 heteroatoms. The van der Waals surface area contributed by atoms with Gasteiger partial charge in [0.2, 0.25) is 5.91 Å². The van der Waals surface area contributed by atoms with E-state index in [2.05, 4.69) is 24.4 Å². The average Bonchev–Trinajstić information content (AvgIpc) is 3.21. The molecule has 1 aromatic heterocycles. The number of carboxylic acids is 1. The third-order valence-electron chi connectivity index (χ3n) is 6.96. The zero-order valence-electron chi connectivity index (χ0n) is 17.7. The number of benzene rings is 2. The number of nitrogens with one attached hydrogen (secondary N) is 1. The van der Waals surface area contributed by atoms with Crippen LogP contribution in [0.2, 0.25) is 0 Å². The van der Waals surface area contributed by atoms with Crippen LogP contribution in [0.15, 0.2) is 42.5 Å². The van der Waals surface area contributed by atoms with Crippen LogP contribution in [0.3, 0.4) is 0 Å². The summed E-state index contributed by atoms with van der Waals surface area (Å²) in [5.74, 6) is -1.29. The molecular formula is C24H26N2O3S. The van der Waals surface area contributed by atoms with Gasteiger partial charge in [-0.2, -0.15) is 0 Å². The number of fused-ring (bicyclic) bond motifs is 1. The Hall–Kier alpha value is -2.73. The van der Waals surface area contributed by atoms with Gasteiger partial charge < -0.3 is 10.4 Å². The van der Waals surface area contributed by atoms with E-state index in [1.807, 2.05) is 44.2 Å². The lowest BCUT2D eigenvalue weighted by molar-refractivity contribution is -0.154. The SMILES string of the molecule is Cc1ccc2nc(-c3ccc(NC(=O)C4CCC(C)(C(=O)O)C4(C)C)cc3)sc2c1. The van der Waals surface area contributed by atoms with Crippen molar-refractivity contribution < 1.29 is 14.7 Å². The minimum absolute atomic E-state index is 0.117. The van der Waals surface area contributed by atoms with Gasteiger partial charge >= 0.3 is 5.97 Å². The van der Waals surface area contributed by atoms with Gasteiger partial charge in [-0.25, -0.2) is 4.98 Å². The number of thiazole rings is 1. The molecule has 2 aromatic carbocycles. The maximum absolute atomic E-state index is 12.9. The number of amides is 1. The highest BCUT2D eigenvalue weighted by Gasteiger charge is 2.58. The van der Waals surface area contributed by atoms with E-state index in [1.54, 1.807) is 18.3 Å². The smallest absolute Gasteiger partial charge is 0.309 e. The van der Waals surface area contributed by atoms with Crippen LogP contribution < -0.4 is 5.32 Å². The number of aliphatic carboxylic acids is 1. The molecule has 1 amide bonds. The number of aryl methyl sites for hydroxylation is 1. The lowest BCUT2D eigenvalue weighted by Gasteiger charge is -2.37. The Morgan fingerprint density at radius 2 is 1.83 bits per heavy atom. The Kier molecular flexibility index (Phi) is 4.93. The number of carbonyl (C=O) groups is 2. The highest BCUT2D eigenvalue weighted by molar-refractivity contribution is 7.21. The van der Waals surface area contributed by atoms with Crippen molar-refractivity contribution in [2.75, 3.05) is 5.32 Å². The van der Waals surface area contributed by atoms with Crippen molar-refractivity contribution in [3.05, 3.63) is 48.0 Å². The standard InChI is InChI=1S/C24H26N2O3S/c1-14-5-10-18-19(13-14)30-21(26-18)15-6-8-16(9-7-15)25-20(27)17-11-12-24(4,22(28)29)23(17,2)3/h5-10,13,17H,11-12H2,1-4H3,(H,25,27)(H,28,29). The number of nitrogens with zero attached hydrogens (tertiary/aromatic N) is 1. The number of hydrogen-bond acceptors (Lipinski definition) is 4. The molecular weight excluding hydrogens is 396 g/mol. The van der Waals surface area contributed by atoms with E-state index in [0.717, 1.165) is 20.8 Å². The van der Waals surface area contributed by atoms with Crippen LogP contribution in [0.4, 0.5) is 5.69 Å². The fourth-order valence-electron chi connectivity index (χ4n) is 4.42. The van der Waals surface area contributed by atoms with Gasteiger partial charge in [0.25, 0.3) is 0 Å². The van der Waals surface area contributed by atoms with E-state index in [1.165, 1.54) is 5.56 Å². The molecule has 30 heavy (non-hydrogen) atoms. The number of rotatable bonds is 4. The van der Waals surface area contributed by atoms with Crippen LogP contribution in [0.5, 0.6) is 0 Å². The van der Waals surface area contributed by atoms with Crippen molar-refractivity contribution in [2.24, 2.45) is 16.7 Å². The fraction of sp³-hybridized carbons (Fsp3) is 0.375. The van der Waals surface area contributed by atoms with Gasteiger partial charge in [0, 0.05) is 17.2 Å². The minimum Gasteiger partial charge on any atom is -0.481 e. The van der Waals surface area contributed by atoms with Crippen molar-refractivity contribution in [1.82, 2.24) is 4.98 Å². The zero-order chi connectivity index (χ0) is 21.7. The summed E-state index contributed by atoms with van der Waals surface area (Å²) < 4.78 is 1.16. The van der Waals surface area contributed by atoms with Gasteiger partial charge in [-0.05, 0) is 74.1 Å². The highest BCUT2D eigenvalue weighted by Crippen LogP contribution is 2.56. The topological polar surface area (TPSA) is 79.3 Å². The molecule has 0 spiro atoms. The molecule has 4 rings (SSSR count). The molecule has 2 N–H and O–H groups in total. The Bertz CT molecular complexity index is 1130. The molecule has 1 aliphatic carbocycles. The molecule has 5 nitrogen and oxygen atoms in total. The number of carboxylic acid groups (broad SMARTS) is 1. The van der Waals surface area contributed by atoms with E-state index in [9.17, 15) is 14.7 Å². The quantitative estimate of drug-likeness (QED) is 0.562. The van der Waals surface area contributed by atoms with Crippen LogP contribution in [0, 0.1) is 23.7 Å². The predicted octanol–water partition coefficient (Wildman–Crippen LogP) is 5.74. The third-order valence-corrected chi connectivity index (χ3v) is 8.03. The van der Waals surface area contributed by atoms with Gasteiger partial charge in [-0.1, -0.05) is 19.9 Å². The molecule has 3 aromatic rings. The van der Waals surface area contributed by atoms with E-state index in [-0.39, 0.29) is 11.8 Å². The van der Waals surface area contributed by atoms with Crippen molar-refractivity contribution >= 4 is 39.1 Å². The molecule has 156 valence electrons. The summed E-state index contributed by atoms with van der Waals surface area (Å²) in [5.41, 5.74) is 2.39. The van der Waals surface area contributed by atoms with Crippen LogP contribution in [0.1, 0.15) is 39.2 Å². The number of hydrogen-bond donors (Lipinski definition) is 2. The van der Waals surface area contributed by atoms with Crippen LogP contribution in [-0.4, -0.2) is 22.0 Å². The second-order valence-electron chi connectivity index (χ2n) is 9.01. The zero-order valence-corrected chi connectivity index (χ0v) is 18.5. The molecule has 1 fully saturated rings. The van der Waals surface area contributed by atoms with E-state index in [0.29, 0.717) is 18.5 Å². The first-order chi connectivity index (χ1) is 14.1. The summed E-state index contributed by atoms with van der Waals surface area (Å²) in [4.78, 5) is 29.4. The normalized spacial score (nSPS) is 22.9. The van der Waals surface area contributed by atoms with Crippen molar-refractivity contribution in [2.45, 2.75) is 40.5 Å². The second-order valence-corrected chi connectivity index (χ2v) is 10.0. The summed E-state index contributed by atoms with van der Waals surface area (Å²) in [6.07, 6.45) is 1.08. The summed E-state index contributed by atoms with van der Waals surface area (Å²) in [6, 6.07) is 13.9. The summed E-state index contributed by atoms with van der Waals surface area (Å²) in [7, 11) is 0. The Morgan fingerprint density at radius 1 is 1.13 bits per heavy atom. The Labute approximate surface area is 180 Å². The molecule has 1 saturated carbocycles. The van der Waals surface area contributed by atoms with E-state index in [4.69, 9.17) is 4.98 Å². The van der Waals surface area contributed by atoms with Gasteiger partial charge in [-0.3, -0.25) is 9.59 Å². The molecule has 1 heterocycles. The van der Waals surface area contributed by atoms with Crippen molar-refractivity contribution in [3.8, 4) is 10.6 Å². The minimum atomic E-state index is -0.899. The number of aromatic nitrogens is 1. The van der Waals surface area contributed by atoms with Gasteiger partial charge in [0.15, 0.2) is 0 Å².